The van der Waals surface area contributed by atoms with Crippen molar-refractivity contribution >= 4 is 22.9 Å². The Bertz CT molecular complexity index is 1050. The number of methoxy groups -OCH3 is 2. The number of amides is 2. The van der Waals surface area contributed by atoms with E-state index in [1.165, 1.54) is 12.7 Å². The third-order valence-electron chi connectivity index (χ3n) is 5.47. The Labute approximate surface area is 181 Å². The molecule has 3 aromatic rings. The number of piperidine rings is 1. The normalized spacial score (nSPS) is 14.9. The minimum absolute atomic E-state index is 0.105. The van der Waals surface area contributed by atoms with Gasteiger partial charge < -0.3 is 14.8 Å². The van der Waals surface area contributed by atoms with Crippen LogP contribution in [0, 0.1) is 0 Å². The fourth-order valence-corrected chi connectivity index (χ4v) is 3.85. The first-order valence-corrected chi connectivity index (χ1v) is 10.4. The molecular formula is C23H27N5O3. The van der Waals surface area contributed by atoms with Gasteiger partial charge in [-0.15, -0.1) is 0 Å². The van der Waals surface area contributed by atoms with Crippen LogP contribution in [-0.2, 0) is 6.54 Å². The predicted octanol–water partition coefficient (Wildman–Crippen LogP) is 3.43. The lowest BCUT2D eigenvalue weighted by molar-refractivity contribution is 0.188. The maximum Gasteiger partial charge on any atom is 0.320 e. The smallest absolute Gasteiger partial charge is 0.320 e. The summed E-state index contributed by atoms with van der Waals surface area (Å²) in [5.41, 5.74) is 2.59. The highest BCUT2D eigenvalue weighted by Crippen LogP contribution is 2.24. The lowest BCUT2D eigenvalue weighted by Gasteiger charge is -2.32. The molecule has 162 valence electrons. The van der Waals surface area contributed by atoms with Crippen molar-refractivity contribution in [3.05, 3.63) is 54.1 Å². The summed E-state index contributed by atoms with van der Waals surface area (Å²) in [5.74, 6) is 1.51. The van der Waals surface area contributed by atoms with E-state index in [4.69, 9.17) is 9.47 Å². The number of ether oxygens (including phenoxy) is 2. The molecule has 4 rings (SSSR count). The van der Waals surface area contributed by atoms with Crippen LogP contribution >= 0.6 is 0 Å². The van der Waals surface area contributed by atoms with Gasteiger partial charge >= 0.3 is 6.03 Å². The summed E-state index contributed by atoms with van der Waals surface area (Å²) < 4.78 is 10.8. The van der Waals surface area contributed by atoms with Crippen LogP contribution in [0.15, 0.2) is 48.5 Å². The number of likely N-dealkylation sites (tertiary alicyclic amines) is 1. The van der Waals surface area contributed by atoms with Crippen LogP contribution < -0.4 is 20.1 Å². The van der Waals surface area contributed by atoms with Crippen LogP contribution in [0.5, 0.6) is 11.6 Å². The first-order chi connectivity index (χ1) is 15.2. The topological polar surface area (TPSA) is 88.6 Å². The van der Waals surface area contributed by atoms with Gasteiger partial charge in [-0.2, -0.15) is 0 Å². The number of nitrogens with zero attached hydrogens (tertiary/aromatic N) is 3. The van der Waals surface area contributed by atoms with Gasteiger partial charge in [-0.25, -0.2) is 14.8 Å². The number of para-hydroxylation sites is 3. The zero-order valence-corrected chi connectivity index (χ0v) is 17.8. The number of urea groups is 1. The van der Waals surface area contributed by atoms with E-state index in [0.29, 0.717) is 22.7 Å². The van der Waals surface area contributed by atoms with Crippen molar-refractivity contribution in [3.8, 4) is 11.6 Å². The molecule has 8 heteroatoms. The first-order valence-electron chi connectivity index (χ1n) is 10.4. The van der Waals surface area contributed by atoms with Crippen LogP contribution in [0.3, 0.4) is 0 Å². The molecule has 1 fully saturated rings. The lowest BCUT2D eigenvalue weighted by atomic mass is 10.0. The molecule has 2 heterocycles. The molecule has 2 N–H and O–H groups in total. The highest BCUT2D eigenvalue weighted by molar-refractivity contribution is 5.91. The van der Waals surface area contributed by atoms with Crippen LogP contribution in [0.4, 0.5) is 10.6 Å². The number of aromatic nitrogens is 2. The fraction of sp³-hybridized carbons (Fsp3) is 0.348. The second kappa shape index (κ2) is 9.61. The van der Waals surface area contributed by atoms with E-state index in [1.54, 1.807) is 7.11 Å². The lowest BCUT2D eigenvalue weighted by Crippen LogP contribution is -2.45. The average Bonchev–Trinajstić information content (AvgIpc) is 2.80. The quantitative estimate of drug-likeness (QED) is 0.634. The van der Waals surface area contributed by atoms with Gasteiger partial charge in [-0.1, -0.05) is 30.3 Å². The zero-order chi connectivity index (χ0) is 21.6. The van der Waals surface area contributed by atoms with Crippen molar-refractivity contribution in [2.75, 3.05) is 32.6 Å². The summed E-state index contributed by atoms with van der Waals surface area (Å²) in [4.78, 5) is 23.8. The Balaban J connectivity index is 1.32. The van der Waals surface area contributed by atoms with E-state index in [2.05, 4.69) is 31.6 Å². The Kier molecular flexibility index (Phi) is 6.47. The molecule has 0 bridgehead atoms. The van der Waals surface area contributed by atoms with Crippen LogP contribution in [0.25, 0.3) is 11.0 Å². The minimum Gasteiger partial charge on any atom is -0.496 e. The largest absolute Gasteiger partial charge is 0.496 e. The van der Waals surface area contributed by atoms with Crippen molar-refractivity contribution < 1.29 is 14.3 Å². The summed E-state index contributed by atoms with van der Waals surface area (Å²) in [6.45, 7) is 2.65. The number of benzene rings is 2. The standard InChI is InChI=1S/C23H27N5O3/c1-30-20-10-6-3-7-16(20)15-28-13-11-17(12-14-28)24-23(29)27-21-22(31-2)26-19-9-5-4-8-18(19)25-21/h3-10,17H,11-15H2,1-2H3,(H2,24,25,27,29). The third kappa shape index (κ3) is 5.03. The minimum atomic E-state index is -0.300. The molecule has 8 nitrogen and oxygen atoms in total. The molecule has 0 aliphatic carbocycles. The molecule has 2 aromatic carbocycles. The summed E-state index contributed by atoms with van der Waals surface area (Å²) in [6, 6.07) is 15.4. The van der Waals surface area contributed by atoms with Gasteiger partial charge in [0.05, 0.1) is 25.3 Å². The van der Waals surface area contributed by atoms with Gasteiger partial charge in [-0.05, 0) is 31.0 Å². The van der Waals surface area contributed by atoms with E-state index in [-0.39, 0.29) is 12.1 Å². The van der Waals surface area contributed by atoms with E-state index in [0.717, 1.165) is 38.2 Å². The molecule has 0 spiro atoms. The van der Waals surface area contributed by atoms with Gasteiger partial charge in [0, 0.05) is 31.2 Å². The molecule has 1 aliphatic rings. The summed E-state index contributed by atoms with van der Waals surface area (Å²) in [6.07, 6.45) is 1.76. The molecular weight excluding hydrogens is 394 g/mol. The SMILES string of the molecule is COc1ccccc1CN1CCC(NC(=O)Nc2nc3ccccc3nc2OC)CC1. The van der Waals surface area contributed by atoms with Gasteiger partial charge in [0.1, 0.15) is 5.75 Å². The molecule has 1 aromatic heterocycles. The second-order valence-corrected chi connectivity index (χ2v) is 7.53. The van der Waals surface area contributed by atoms with E-state index in [9.17, 15) is 4.79 Å². The first kappa shape index (κ1) is 20.9. The number of rotatable bonds is 6. The Hall–Kier alpha value is -3.39. The maximum atomic E-state index is 12.6. The van der Waals surface area contributed by atoms with Gasteiger partial charge in [-0.3, -0.25) is 10.2 Å². The van der Waals surface area contributed by atoms with Gasteiger partial charge in [0.25, 0.3) is 5.88 Å². The molecule has 2 amide bonds. The molecule has 1 saturated heterocycles. The van der Waals surface area contributed by atoms with Crippen LogP contribution in [0.2, 0.25) is 0 Å². The molecule has 0 saturated carbocycles. The Morgan fingerprint density at radius 2 is 1.68 bits per heavy atom. The van der Waals surface area contributed by atoms with Crippen molar-refractivity contribution in [2.45, 2.75) is 25.4 Å². The number of carbonyl (C=O) groups excluding carboxylic acids is 1. The Morgan fingerprint density at radius 3 is 2.39 bits per heavy atom. The van der Waals surface area contributed by atoms with Gasteiger partial charge in [0.15, 0.2) is 5.82 Å². The number of hydrogen-bond donors (Lipinski definition) is 2. The second-order valence-electron chi connectivity index (χ2n) is 7.53. The van der Waals surface area contributed by atoms with Gasteiger partial charge in [0.2, 0.25) is 0 Å². The average molecular weight is 422 g/mol. The highest BCUT2D eigenvalue weighted by Gasteiger charge is 2.22. The molecule has 1 aliphatic heterocycles. The maximum absolute atomic E-state index is 12.6. The van der Waals surface area contributed by atoms with Crippen molar-refractivity contribution in [1.29, 1.82) is 0 Å². The number of anilines is 1. The summed E-state index contributed by atoms with van der Waals surface area (Å²) in [5, 5.41) is 5.84. The van der Waals surface area contributed by atoms with E-state index in [1.807, 2.05) is 42.5 Å². The predicted molar refractivity (Wildman–Crippen MR) is 120 cm³/mol. The summed E-state index contributed by atoms with van der Waals surface area (Å²) >= 11 is 0. The molecule has 0 radical (unpaired) electrons. The number of fused-ring (bicyclic) bond motifs is 1. The third-order valence-corrected chi connectivity index (χ3v) is 5.47. The monoisotopic (exact) mass is 421 g/mol. The molecule has 0 atom stereocenters. The number of carbonyl (C=O) groups is 1. The van der Waals surface area contributed by atoms with Crippen LogP contribution in [0.1, 0.15) is 18.4 Å². The summed E-state index contributed by atoms with van der Waals surface area (Å²) in [7, 11) is 3.21. The van der Waals surface area contributed by atoms with E-state index < -0.39 is 0 Å². The van der Waals surface area contributed by atoms with Crippen molar-refractivity contribution in [2.24, 2.45) is 0 Å². The highest BCUT2D eigenvalue weighted by atomic mass is 16.5. The molecule has 0 unspecified atom stereocenters. The van der Waals surface area contributed by atoms with Crippen molar-refractivity contribution in [3.63, 3.8) is 0 Å². The Morgan fingerprint density at radius 1 is 1.00 bits per heavy atom. The zero-order valence-electron chi connectivity index (χ0n) is 17.8. The van der Waals surface area contributed by atoms with Crippen molar-refractivity contribution in [1.82, 2.24) is 20.2 Å². The number of nitrogens with one attached hydrogen (secondary N) is 2. The number of hydrogen-bond acceptors (Lipinski definition) is 6. The molecule has 31 heavy (non-hydrogen) atoms. The fourth-order valence-electron chi connectivity index (χ4n) is 3.85. The van der Waals surface area contributed by atoms with Crippen LogP contribution in [-0.4, -0.2) is 54.2 Å². The van der Waals surface area contributed by atoms with E-state index >= 15 is 0 Å².